The molecule has 2 fully saturated rings. The second kappa shape index (κ2) is 7.45. The predicted molar refractivity (Wildman–Crippen MR) is 85.5 cm³/mol. The summed E-state index contributed by atoms with van der Waals surface area (Å²) in [6, 6.07) is 1.02. The Labute approximate surface area is 133 Å². The molecule has 0 spiro atoms. The molecule has 6 heteroatoms. The molecular weight excluding hydrogens is 290 g/mol. The maximum atomic E-state index is 12.2. The van der Waals surface area contributed by atoms with E-state index in [1.54, 1.807) is 0 Å². The van der Waals surface area contributed by atoms with Crippen molar-refractivity contribution in [2.24, 2.45) is 5.41 Å². The van der Waals surface area contributed by atoms with Crippen LogP contribution < -0.4 is 10.6 Å². The molecule has 21 heavy (non-hydrogen) atoms. The summed E-state index contributed by atoms with van der Waals surface area (Å²) in [6.45, 7) is 7.78. The summed E-state index contributed by atoms with van der Waals surface area (Å²) in [5.74, 6) is 0.00178. The molecule has 0 aromatic rings. The fourth-order valence-corrected chi connectivity index (χ4v) is 3.00. The van der Waals surface area contributed by atoms with Crippen molar-refractivity contribution in [3.63, 3.8) is 0 Å². The first kappa shape index (κ1) is 18.2. The van der Waals surface area contributed by atoms with Gasteiger partial charge in [-0.15, -0.1) is 12.4 Å². The van der Waals surface area contributed by atoms with Gasteiger partial charge in [0.15, 0.2) is 0 Å². The average molecular weight is 318 g/mol. The number of hydrogen-bond acceptors (Lipinski definition) is 3. The topological polar surface area (TPSA) is 61.4 Å². The van der Waals surface area contributed by atoms with Crippen molar-refractivity contribution in [1.82, 2.24) is 15.5 Å². The predicted octanol–water partition coefficient (Wildman–Crippen LogP) is 1.31. The molecule has 0 radical (unpaired) electrons. The van der Waals surface area contributed by atoms with E-state index in [-0.39, 0.29) is 36.2 Å². The summed E-state index contributed by atoms with van der Waals surface area (Å²) in [4.78, 5) is 25.8. The Kier molecular flexibility index (Phi) is 6.47. The van der Waals surface area contributed by atoms with Crippen molar-refractivity contribution in [2.75, 3.05) is 19.6 Å². The first-order valence-electron chi connectivity index (χ1n) is 7.64. The van der Waals surface area contributed by atoms with Crippen LogP contribution in [-0.4, -0.2) is 48.4 Å². The van der Waals surface area contributed by atoms with Crippen LogP contribution in [-0.2, 0) is 9.59 Å². The number of halogens is 1. The van der Waals surface area contributed by atoms with E-state index in [1.807, 2.05) is 25.7 Å². The fraction of sp³-hybridized carbons (Fsp3) is 0.867. The van der Waals surface area contributed by atoms with E-state index in [2.05, 4.69) is 10.6 Å². The van der Waals surface area contributed by atoms with Gasteiger partial charge in [0.2, 0.25) is 11.8 Å². The van der Waals surface area contributed by atoms with Crippen LogP contribution in [0, 0.1) is 5.41 Å². The number of carbonyl (C=O) groups excluding carboxylic acids is 2. The molecule has 2 N–H and O–H groups in total. The van der Waals surface area contributed by atoms with Crippen LogP contribution in [0.25, 0.3) is 0 Å². The largest absolute Gasteiger partial charge is 0.347 e. The van der Waals surface area contributed by atoms with Gasteiger partial charge >= 0.3 is 0 Å². The van der Waals surface area contributed by atoms with E-state index in [4.69, 9.17) is 0 Å². The minimum Gasteiger partial charge on any atom is -0.347 e. The molecule has 2 aliphatic heterocycles. The van der Waals surface area contributed by atoms with Gasteiger partial charge in [-0.3, -0.25) is 9.59 Å². The fourth-order valence-electron chi connectivity index (χ4n) is 3.00. The van der Waals surface area contributed by atoms with E-state index in [0.29, 0.717) is 18.5 Å². The minimum absolute atomic E-state index is 0. The van der Waals surface area contributed by atoms with E-state index >= 15 is 0 Å². The number of hydrogen-bond donors (Lipinski definition) is 2. The Hall–Kier alpha value is -0.810. The normalized spacial score (nSPS) is 25.0. The number of carbonyl (C=O) groups is 2. The van der Waals surface area contributed by atoms with E-state index in [1.165, 1.54) is 6.42 Å². The number of nitrogens with zero attached hydrogens (tertiary/aromatic N) is 1. The van der Waals surface area contributed by atoms with Crippen molar-refractivity contribution < 1.29 is 9.59 Å². The van der Waals surface area contributed by atoms with Crippen molar-refractivity contribution >= 4 is 24.2 Å². The highest BCUT2D eigenvalue weighted by molar-refractivity contribution is 5.85. The summed E-state index contributed by atoms with van der Waals surface area (Å²) in [7, 11) is 0. The van der Waals surface area contributed by atoms with Crippen molar-refractivity contribution in [1.29, 1.82) is 0 Å². The Bertz CT molecular complexity index is 382. The van der Waals surface area contributed by atoms with Crippen LogP contribution in [0.15, 0.2) is 0 Å². The van der Waals surface area contributed by atoms with Crippen molar-refractivity contribution in [3.05, 3.63) is 0 Å². The Morgan fingerprint density at radius 2 is 1.86 bits per heavy atom. The number of amides is 2. The molecule has 122 valence electrons. The molecule has 2 aliphatic rings. The lowest BCUT2D eigenvalue weighted by molar-refractivity contribution is -0.133. The van der Waals surface area contributed by atoms with Crippen LogP contribution in [0.5, 0.6) is 0 Å². The Morgan fingerprint density at radius 3 is 2.52 bits per heavy atom. The monoisotopic (exact) mass is 317 g/mol. The van der Waals surface area contributed by atoms with Gasteiger partial charge < -0.3 is 15.5 Å². The van der Waals surface area contributed by atoms with Gasteiger partial charge in [0.1, 0.15) is 0 Å². The summed E-state index contributed by atoms with van der Waals surface area (Å²) in [6.07, 6.45) is 3.87. The smallest absolute Gasteiger partial charge is 0.242 e. The molecule has 0 aliphatic carbocycles. The molecule has 2 atom stereocenters. The molecule has 2 bridgehead atoms. The molecule has 2 heterocycles. The highest BCUT2D eigenvalue weighted by Gasteiger charge is 2.31. The van der Waals surface area contributed by atoms with Gasteiger partial charge in [-0.1, -0.05) is 20.8 Å². The molecule has 2 rings (SSSR count). The molecule has 0 saturated carbocycles. The quantitative estimate of drug-likeness (QED) is 0.825. The first-order valence-corrected chi connectivity index (χ1v) is 7.64. The Balaban J connectivity index is 0.00000220. The number of likely N-dealkylation sites (tertiary alicyclic amines) is 1. The van der Waals surface area contributed by atoms with Gasteiger partial charge in [-0.25, -0.2) is 0 Å². The van der Waals surface area contributed by atoms with E-state index in [0.717, 1.165) is 25.9 Å². The van der Waals surface area contributed by atoms with Crippen LogP contribution in [0.1, 0.15) is 46.5 Å². The lowest BCUT2D eigenvalue weighted by atomic mass is 9.92. The van der Waals surface area contributed by atoms with Crippen LogP contribution in [0.3, 0.4) is 0 Å². The maximum absolute atomic E-state index is 12.2. The zero-order chi connectivity index (χ0) is 14.8. The molecule has 0 aromatic carbocycles. The molecule has 5 nitrogen and oxygen atoms in total. The highest BCUT2D eigenvalue weighted by Crippen LogP contribution is 2.20. The van der Waals surface area contributed by atoms with E-state index < -0.39 is 0 Å². The summed E-state index contributed by atoms with van der Waals surface area (Å²) in [5.41, 5.74) is -0.0429. The lowest BCUT2D eigenvalue weighted by Gasteiger charge is -2.25. The second-order valence-electron chi connectivity index (χ2n) is 7.28. The van der Waals surface area contributed by atoms with Gasteiger partial charge in [0.25, 0.3) is 0 Å². The summed E-state index contributed by atoms with van der Waals surface area (Å²) in [5, 5.41) is 6.30. The summed E-state index contributed by atoms with van der Waals surface area (Å²) >= 11 is 0. The lowest BCUT2D eigenvalue weighted by Crippen LogP contribution is -2.44. The third-order valence-electron chi connectivity index (χ3n) is 4.00. The molecular formula is C15H28ClN3O2. The van der Waals surface area contributed by atoms with Crippen LogP contribution in [0.4, 0.5) is 0 Å². The van der Waals surface area contributed by atoms with Crippen LogP contribution >= 0.6 is 12.4 Å². The molecule has 2 amide bonds. The second-order valence-corrected chi connectivity index (χ2v) is 7.28. The SMILES string of the molecule is CC(C)(C)CC(=O)NCC(=O)N1CCC2CCC(C1)N2.Cl. The van der Waals surface area contributed by atoms with E-state index in [9.17, 15) is 9.59 Å². The Morgan fingerprint density at radius 1 is 1.19 bits per heavy atom. The van der Waals surface area contributed by atoms with Crippen molar-refractivity contribution in [2.45, 2.75) is 58.5 Å². The third-order valence-corrected chi connectivity index (χ3v) is 4.00. The van der Waals surface area contributed by atoms with Gasteiger partial charge in [-0.2, -0.15) is 0 Å². The first-order chi connectivity index (χ1) is 9.33. The molecule has 2 unspecified atom stereocenters. The minimum atomic E-state index is -0.0429. The highest BCUT2D eigenvalue weighted by atomic mass is 35.5. The number of rotatable bonds is 3. The standard InChI is InChI=1S/C15H27N3O2.ClH/c1-15(2,3)8-13(19)16-9-14(20)18-7-6-11-4-5-12(10-18)17-11;/h11-12,17H,4-10H2,1-3H3,(H,16,19);1H. The maximum Gasteiger partial charge on any atom is 0.242 e. The number of nitrogens with one attached hydrogen (secondary N) is 2. The zero-order valence-corrected chi connectivity index (χ0v) is 14.1. The molecule has 0 aromatic heterocycles. The van der Waals surface area contributed by atoms with Crippen molar-refractivity contribution in [3.8, 4) is 0 Å². The summed E-state index contributed by atoms with van der Waals surface area (Å²) < 4.78 is 0. The average Bonchev–Trinajstić information content (AvgIpc) is 2.63. The van der Waals surface area contributed by atoms with Crippen LogP contribution in [0.2, 0.25) is 0 Å². The van der Waals surface area contributed by atoms with Gasteiger partial charge in [0.05, 0.1) is 6.54 Å². The third kappa shape index (κ3) is 5.83. The van der Waals surface area contributed by atoms with Gasteiger partial charge in [0, 0.05) is 31.6 Å². The molecule has 2 saturated heterocycles. The number of fused-ring (bicyclic) bond motifs is 2. The zero-order valence-electron chi connectivity index (χ0n) is 13.3. The van der Waals surface area contributed by atoms with Gasteiger partial charge in [-0.05, 0) is 24.7 Å².